The molecule has 1 aliphatic rings. The molecule has 26 heavy (non-hydrogen) atoms. The maximum absolute atomic E-state index is 13.0. The molecule has 3 heterocycles. The normalized spacial score (nSPS) is 17.5. The number of carbonyl (C=O) groups is 1. The first-order chi connectivity index (χ1) is 12.5. The molecule has 7 heteroatoms. The Bertz CT molecular complexity index is 786. The maximum atomic E-state index is 13.0. The first-order valence-corrected chi connectivity index (χ1v) is 9.10. The number of aromatic nitrogens is 4. The summed E-state index contributed by atoms with van der Waals surface area (Å²) in [4.78, 5) is 23.6. The molecular weight excluding hydrogens is 330 g/mol. The average Bonchev–Trinajstić information content (AvgIpc) is 2.87. The van der Waals surface area contributed by atoms with Gasteiger partial charge in [-0.25, -0.2) is 0 Å². The Kier molecular flexibility index (Phi) is 5.66. The summed E-state index contributed by atoms with van der Waals surface area (Å²) >= 11 is 0. The number of rotatable bonds is 5. The lowest BCUT2D eigenvalue weighted by Gasteiger charge is -2.36. The van der Waals surface area contributed by atoms with Crippen LogP contribution in [0.4, 0.5) is 0 Å². The van der Waals surface area contributed by atoms with Crippen molar-refractivity contribution >= 4 is 5.91 Å². The second-order valence-electron chi connectivity index (χ2n) is 6.89. The van der Waals surface area contributed by atoms with E-state index in [0.29, 0.717) is 26.2 Å². The average molecular weight is 357 g/mol. The van der Waals surface area contributed by atoms with Gasteiger partial charge in [0.2, 0.25) is 5.91 Å². The number of amides is 1. The second kappa shape index (κ2) is 7.95. The molecule has 0 bridgehead atoms. The van der Waals surface area contributed by atoms with Crippen LogP contribution in [0.2, 0.25) is 0 Å². The molecule has 0 aliphatic carbocycles. The van der Waals surface area contributed by atoms with E-state index < -0.39 is 0 Å². The third kappa shape index (κ3) is 3.93. The lowest BCUT2D eigenvalue weighted by atomic mass is 10.0. The van der Waals surface area contributed by atoms with Crippen molar-refractivity contribution in [2.45, 2.75) is 46.1 Å². The van der Waals surface area contributed by atoms with Crippen LogP contribution in [0.1, 0.15) is 34.8 Å². The van der Waals surface area contributed by atoms with Crippen molar-refractivity contribution in [2.24, 2.45) is 7.05 Å². The van der Waals surface area contributed by atoms with Crippen molar-refractivity contribution in [3.05, 3.63) is 40.7 Å². The molecular formula is C19H27N5O2. The predicted molar refractivity (Wildman–Crippen MR) is 97.8 cm³/mol. The van der Waals surface area contributed by atoms with Crippen LogP contribution in [-0.2, 0) is 29.4 Å². The summed E-state index contributed by atoms with van der Waals surface area (Å²) in [6.45, 7) is 7.75. The Morgan fingerprint density at radius 3 is 2.69 bits per heavy atom. The van der Waals surface area contributed by atoms with Gasteiger partial charge in [0, 0.05) is 37.2 Å². The van der Waals surface area contributed by atoms with Gasteiger partial charge in [0.1, 0.15) is 0 Å². The summed E-state index contributed by atoms with van der Waals surface area (Å²) in [5.74, 6) is 0.147. The van der Waals surface area contributed by atoms with Crippen molar-refractivity contribution in [2.75, 3.05) is 19.8 Å². The fourth-order valence-corrected chi connectivity index (χ4v) is 3.53. The van der Waals surface area contributed by atoms with Gasteiger partial charge in [-0.05, 0) is 33.6 Å². The Morgan fingerprint density at radius 2 is 2.00 bits per heavy atom. The van der Waals surface area contributed by atoms with Crippen LogP contribution in [0.3, 0.4) is 0 Å². The minimum absolute atomic E-state index is 0.0786. The van der Waals surface area contributed by atoms with Crippen molar-refractivity contribution in [1.82, 2.24) is 24.6 Å². The van der Waals surface area contributed by atoms with Crippen LogP contribution in [-0.4, -0.2) is 56.4 Å². The predicted octanol–water partition coefficient (Wildman–Crippen LogP) is 1.54. The molecule has 1 saturated heterocycles. The van der Waals surface area contributed by atoms with Gasteiger partial charge < -0.3 is 9.64 Å². The second-order valence-corrected chi connectivity index (χ2v) is 6.89. The lowest BCUT2D eigenvalue weighted by Crippen LogP contribution is -2.49. The first-order valence-electron chi connectivity index (χ1n) is 9.10. The molecule has 1 fully saturated rings. The highest BCUT2D eigenvalue weighted by Gasteiger charge is 2.28. The molecule has 0 aromatic carbocycles. The Morgan fingerprint density at radius 1 is 1.23 bits per heavy atom. The van der Waals surface area contributed by atoms with E-state index >= 15 is 0 Å². The van der Waals surface area contributed by atoms with Crippen molar-refractivity contribution in [3.8, 4) is 0 Å². The zero-order valence-corrected chi connectivity index (χ0v) is 16.0. The number of carbonyl (C=O) groups excluding carboxylic acids is 1. The highest BCUT2D eigenvalue weighted by Crippen LogP contribution is 2.18. The van der Waals surface area contributed by atoms with Gasteiger partial charge in [-0.3, -0.25) is 19.4 Å². The third-order valence-corrected chi connectivity index (χ3v) is 5.23. The Hall–Kier alpha value is -2.28. The zero-order chi connectivity index (χ0) is 18.7. The van der Waals surface area contributed by atoms with E-state index in [4.69, 9.17) is 4.74 Å². The van der Waals surface area contributed by atoms with Gasteiger partial charge in [-0.2, -0.15) is 5.10 Å². The van der Waals surface area contributed by atoms with Gasteiger partial charge in [0.25, 0.3) is 0 Å². The number of aryl methyl sites for hydroxylation is 4. The summed E-state index contributed by atoms with van der Waals surface area (Å²) in [5, 5.41) is 4.42. The van der Waals surface area contributed by atoms with Crippen LogP contribution in [0.15, 0.2) is 12.4 Å². The Balaban J connectivity index is 1.68. The summed E-state index contributed by atoms with van der Waals surface area (Å²) in [7, 11) is 1.91. The third-order valence-electron chi connectivity index (χ3n) is 5.23. The van der Waals surface area contributed by atoms with Crippen molar-refractivity contribution < 1.29 is 9.53 Å². The quantitative estimate of drug-likeness (QED) is 0.811. The zero-order valence-electron chi connectivity index (χ0n) is 16.0. The van der Waals surface area contributed by atoms with Crippen LogP contribution in [0, 0.1) is 20.8 Å². The van der Waals surface area contributed by atoms with E-state index in [9.17, 15) is 4.79 Å². The molecule has 0 radical (unpaired) electrons. The van der Waals surface area contributed by atoms with Gasteiger partial charge in [0.15, 0.2) is 0 Å². The molecule has 1 atom stereocenters. The lowest BCUT2D eigenvalue weighted by molar-refractivity contribution is -0.139. The van der Waals surface area contributed by atoms with Crippen molar-refractivity contribution in [3.63, 3.8) is 0 Å². The topological polar surface area (TPSA) is 73.1 Å². The molecule has 1 aliphatic heterocycles. The molecule has 0 spiro atoms. The molecule has 3 rings (SSSR count). The molecule has 0 N–H and O–H groups in total. The van der Waals surface area contributed by atoms with E-state index in [1.807, 2.05) is 37.4 Å². The molecule has 2 aromatic rings. The van der Waals surface area contributed by atoms with E-state index in [1.54, 1.807) is 12.4 Å². The standard InChI is InChI=1S/C19H27N5O2/c1-13-17(15(3)23(4)22-13)11-19(25)24-9-10-26-12-16(24)5-6-18-14(2)20-7-8-21-18/h7-8,16H,5-6,9-12H2,1-4H3. The van der Waals surface area contributed by atoms with Crippen LogP contribution in [0.5, 0.6) is 0 Å². The van der Waals surface area contributed by atoms with E-state index in [1.165, 1.54) is 0 Å². The molecule has 2 aromatic heterocycles. The van der Waals surface area contributed by atoms with Crippen LogP contribution < -0.4 is 0 Å². The maximum Gasteiger partial charge on any atom is 0.227 e. The number of ether oxygens (including phenoxy) is 1. The number of hydrogen-bond acceptors (Lipinski definition) is 5. The SMILES string of the molecule is Cc1nccnc1CCC1COCCN1C(=O)Cc1c(C)nn(C)c1C. The molecule has 1 amide bonds. The van der Waals surface area contributed by atoms with Gasteiger partial charge in [0.05, 0.1) is 42.8 Å². The van der Waals surface area contributed by atoms with E-state index in [0.717, 1.165) is 41.2 Å². The molecule has 0 saturated carbocycles. The van der Waals surface area contributed by atoms with E-state index in [-0.39, 0.29) is 11.9 Å². The monoisotopic (exact) mass is 357 g/mol. The summed E-state index contributed by atoms with van der Waals surface area (Å²) < 4.78 is 7.48. The van der Waals surface area contributed by atoms with Gasteiger partial charge in [-0.1, -0.05) is 0 Å². The summed E-state index contributed by atoms with van der Waals surface area (Å²) in [6, 6.07) is 0.0786. The highest BCUT2D eigenvalue weighted by atomic mass is 16.5. The summed E-state index contributed by atoms with van der Waals surface area (Å²) in [6.07, 6.45) is 5.44. The smallest absolute Gasteiger partial charge is 0.227 e. The van der Waals surface area contributed by atoms with Gasteiger partial charge in [-0.15, -0.1) is 0 Å². The highest BCUT2D eigenvalue weighted by molar-refractivity contribution is 5.79. The Labute approximate surface area is 154 Å². The van der Waals surface area contributed by atoms with E-state index in [2.05, 4.69) is 15.1 Å². The number of hydrogen-bond donors (Lipinski definition) is 0. The van der Waals surface area contributed by atoms with Gasteiger partial charge >= 0.3 is 0 Å². The number of morpholine rings is 1. The number of nitrogens with zero attached hydrogens (tertiary/aromatic N) is 5. The van der Waals surface area contributed by atoms with Crippen LogP contribution in [0.25, 0.3) is 0 Å². The van der Waals surface area contributed by atoms with Crippen LogP contribution >= 0.6 is 0 Å². The molecule has 1 unspecified atom stereocenters. The first kappa shape index (κ1) is 18.5. The molecule has 7 nitrogen and oxygen atoms in total. The summed E-state index contributed by atoms with van der Waals surface area (Å²) in [5.41, 5.74) is 4.95. The minimum atomic E-state index is 0.0786. The van der Waals surface area contributed by atoms with Crippen molar-refractivity contribution in [1.29, 1.82) is 0 Å². The fraction of sp³-hybridized carbons (Fsp3) is 0.579. The fourth-order valence-electron chi connectivity index (χ4n) is 3.53. The molecule has 140 valence electrons. The largest absolute Gasteiger partial charge is 0.377 e. The minimum Gasteiger partial charge on any atom is -0.377 e.